The summed E-state index contributed by atoms with van der Waals surface area (Å²) in [6, 6.07) is 20.3. The smallest absolute Gasteiger partial charge is 0.336 e. The van der Waals surface area contributed by atoms with Gasteiger partial charge in [0.2, 0.25) is 5.75 Å². The number of aromatic carboxylic acids is 1. The van der Waals surface area contributed by atoms with Crippen LogP contribution in [0, 0.1) is 0 Å². The van der Waals surface area contributed by atoms with Crippen LogP contribution in [0.4, 0.5) is 0 Å². The molecule has 0 spiro atoms. The lowest BCUT2D eigenvalue weighted by atomic mass is 9.99. The van der Waals surface area contributed by atoms with E-state index in [4.69, 9.17) is 14.2 Å². The van der Waals surface area contributed by atoms with Crippen LogP contribution in [0.3, 0.4) is 0 Å². The first-order valence-corrected chi connectivity index (χ1v) is 9.59. The van der Waals surface area contributed by atoms with Gasteiger partial charge in [-0.15, -0.1) is 0 Å². The Kier molecular flexibility index (Phi) is 5.45. The summed E-state index contributed by atoms with van der Waals surface area (Å²) < 4.78 is 16.3. The summed E-state index contributed by atoms with van der Waals surface area (Å²) in [6.45, 7) is 0. The van der Waals surface area contributed by atoms with E-state index in [1.54, 1.807) is 39.5 Å². The molecule has 0 aliphatic heterocycles. The molecule has 3 aromatic carbocycles. The van der Waals surface area contributed by atoms with Gasteiger partial charge in [0.1, 0.15) is 0 Å². The standard InChI is InChI=1S/C25H21NO5/c1-29-22-12-17(13-23(30-2)24(22)31-3)15-7-6-8-16(11-15)21-14-19(25(27)28)18-9-4-5-10-20(18)26-21/h4-14H,1-3H3,(H,27,28). The van der Waals surface area contributed by atoms with E-state index in [1.165, 1.54) is 0 Å². The van der Waals surface area contributed by atoms with Gasteiger partial charge in [0, 0.05) is 10.9 Å². The van der Waals surface area contributed by atoms with E-state index < -0.39 is 5.97 Å². The first kappa shape index (κ1) is 20.2. The number of pyridine rings is 1. The van der Waals surface area contributed by atoms with Crippen LogP contribution in [-0.4, -0.2) is 37.4 Å². The van der Waals surface area contributed by atoms with Crippen molar-refractivity contribution in [2.75, 3.05) is 21.3 Å². The highest BCUT2D eigenvalue weighted by molar-refractivity contribution is 6.03. The molecule has 0 radical (unpaired) electrons. The third-order valence-electron chi connectivity index (χ3n) is 5.10. The Morgan fingerprint density at radius 2 is 1.45 bits per heavy atom. The van der Waals surface area contributed by atoms with Crippen molar-refractivity contribution in [3.63, 3.8) is 0 Å². The van der Waals surface area contributed by atoms with Crippen molar-refractivity contribution in [3.8, 4) is 39.6 Å². The molecule has 0 saturated carbocycles. The average Bonchev–Trinajstić information content (AvgIpc) is 2.82. The molecular formula is C25H21NO5. The Bertz CT molecular complexity index is 1260. The molecule has 0 bridgehead atoms. The fourth-order valence-corrected chi connectivity index (χ4v) is 3.61. The monoisotopic (exact) mass is 415 g/mol. The largest absolute Gasteiger partial charge is 0.493 e. The molecule has 0 aliphatic rings. The van der Waals surface area contributed by atoms with Crippen molar-refractivity contribution in [2.45, 2.75) is 0 Å². The maximum atomic E-state index is 11.8. The van der Waals surface area contributed by atoms with E-state index in [2.05, 4.69) is 4.98 Å². The highest BCUT2D eigenvalue weighted by atomic mass is 16.5. The number of para-hydroxylation sites is 1. The van der Waals surface area contributed by atoms with Gasteiger partial charge in [-0.2, -0.15) is 0 Å². The first-order valence-electron chi connectivity index (χ1n) is 9.59. The molecular weight excluding hydrogens is 394 g/mol. The van der Waals surface area contributed by atoms with Crippen LogP contribution >= 0.6 is 0 Å². The molecule has 0 aliphatic carbocycles. The summed E-state index contributed by atoms with van der Waals surface area (Å²) in [7, 11) is 4.71. The molecule has 156 valence electrons. The van der Waals surface area contributed by atoms with E-state index >= 15 is 0 Å². The number of nitrogens with zero attached hydrogens (tertiary/aromatic N) is 1. The predicted molar refractivity (Wildman–Crippen MR) is 119 cm³/mol. The van der Waals surface area contributed by atoms with Gasteiger partial charge in [0.25, 0.3) is 0 Å². The zero-order valence-corrected chi connectivity index (χ0v) is 17.4. The van der Waals surface area contributed by atoms with Gasteiger partial charge in [0.05, 0.1) is 38.1 Å². The fraction of sp³-hybridized carbons (Fsp3) is 0.120. The van der Waals surface area contributed by atoms with Gasteiger partial charge in [-0.25, -0.2) is 9.78 Å². The maximum Gasteiger partial charge on any atom is 0.336 e. The first-order chi connectivity index (χ1) is 15.0. The van der Waals surface area contributed by atoms with Crippen molar-refractivity contribution in [3.05, 3.63) is 72.3 Å². The Morgan fingerprint density at radius 1 is 0.774 bits per heavy atom. The van der Waals surface area contributed by atoms with Crippen molar-refractivity contribution in [1.29, 1.82) is 0 Å². The second-order valence-corrected chi connectivity index (χ2v) is 6.87. The number of hydrogen-bond acceptors (Lipinski definition) is 5. The zero-order chi connectivity index (χ0) is 22.0. The van der Waals surface area contributed by atoms with Crippen molar-refractivity contribution >= 4 is 16.9 Å². The number of benzene rings is 3. The number of ether oxygens (including phenoxy) is 3. The Hall–Kier alpha value is -4.06. The summed E-state index contributed by atoms with van der Waals surface area (Å²) in [6.07, 6.45) is 0. The third kappa shape index (κ3) is 3.75. The van der Waals surface area contributed by atoms with Gasteiger partial charge in [0.15, 0.2) is 11.5 Å². The lowest BCUT2D eigenvalue weighted by molar-refractivity contribution is 0.0699. The second kappa shape index (κ2) is 8.36. The van der Waals surface area contributed by atoms with Crippen LogP contribution in [0.5, 0.6) is 17.2 Å². The van der Waals surface area contributed by atoms with Crippen LogP contribution in [-0.2, 0) is 0 Å². The highest BCUT2D eigenvalue weighted by Crippen LogP contribution is 2.41. The van der Waals surface area contributed by atoms with Crippen LogP contribution < -0.4 is 14.2 Å². The summed E-state index contributed by atoms with van der Waals surface area (Å²) >= 11 is 0. The minimum atomic E-state index is -0.986. The van der Waals surface area contributed by atoms with Gasteiger partial charge in [-0.05, 0) is 41.5 Å². The molecule has 4 aromatic rings. The SMILES string of the molecule is COc1cc(-c2cccc(-c3cc(C(=O)O)c4ccccc4n3)c2)cc(OC)c1OC. The molecule has 1 heterocycles. The number of carbonyl (C=O) groups is 1. The maximum absolute atomic E-state index is 11.8. The van der Waals surface area contributed by atoms with Gasteiger partial charge in [-0.3, -0.25) is 0 Å². The van der Waals surface area contributed by atoms with Gasteiger partial charge < -0.3 is 19.3 Å². The molecule has 31 heavy (non-hydrogen) atoms. The number of carboxylic acids is 1. The Labute approximate surface area is 179 Å². The van der Waals surface area contributed by atoms with Gasteiger partial charge in [-0.1, -0.05) is 36.4 Å². The molecule has 0 atom stereocenters. The molecule has 0 amide bonds. The number of hydrogen-bond donors (Lipinski definition) is 1. The molecule has 6 heteroatoms. The fourth-order valence-electron chi connectivity index (χ4n) is 3.61. The van der Waals surface area contributed by atoms with Crippen LogP contribution in [0.2, 0.25) is 0 Å². The minimum absolute atomic E-state index is 0.221. The Morgan fingerprint density at radius 3 is 2.10 bits per heavy atom. The predicted octanol–water partition coefficient (Wildman–Crippen LogP) is 5.29. The van der Waals surface area contributed by atoms with Crippen molar-refractivity contribution in [2.24, 2.45) is 0 Å². The molecule has 1 aromatic heterocycles. The number of rotatable bonds is 6. The highest BCUT2D eigenvalue weighted by Gasteiger charge is 2.16. The summed E-state index contributed by atoms with van der Waals surface area (Å²) in [5.41, 5.74) is 4.03. The Balaban J connectivity index is 1.86. The topological polar surface area (TPSA) is 77.9 Å². The van der Waals surface area contributed by atoms with Crippen LogP contribution in [0.25, 0.3) is 33.3 Å². The number of fused-ring (bicyclic) bond motifs is 1. The molecule has 0 unspecified atom stereocenters. The minimum Gasteiger partial charge on any atom is -0.493 e. The molecule has 0 fully saturated rings. The van der Waals surface area contributed by atoms with E-state index in [1.807, 2.05) is 48.5 Å². The van der Waals surface area contributed by atoms with Crippen LogP contribution in [0.15, 0.2) is 66.7 Å². The van der Waals surface area contributed by atoms with Crippen molar-refractivity contribution < 1.29 is 24.1 Å². The number of aromatic nitrogens is 1. The molecule has 0 saturated heterocycles. The molecule has 1 N–H and O–H groups in total. The number of methoxy groups -OCH3 is 3. The lowest BCUT2D eigenvalue weighted by Gasteiger charge is -2.15. The zero-order valence-electron chi connectivity index (χ0n) is 17.4. The summed E-state index contributed by atoms with van der Waals surface area (Å²) in [5, 5.41) is 10.3. The number of carboxylic acid groups (broad SMARTS) is 1. The van der Waals surface area contributed by atoms with E-state index in [0.29, 0.717) is 33.8 Å². The van der Waals surface area contributed by atoms with E-state index in [9.17, 15) is 9.90 Å². The van der Waals surface area contributed by atoms with Crippen LogP contribution in [0.1, 0.15) is 10.4 Å². The average molecular weight is 415 g/mol. The van der Waals surface area contributed by atoms with E-state index in [-0.39, 0.29) is 5.56 Å². The second-order valence-electron chi connectivity index (χ2n) is 6.87. The van der Waals surface area contributed by atoms with E-state index in [0.717, 1.165) is 16.7 Å². The lowest BCUT2D eigenvalue weighted by Crippen LogP contribution is -2.00. The molecule has 6 nitrogen and oxygen atoms in total. The van der Waals surface area contributed by atoms with Crippen molar-refractivity contribution in [1.82, 2.24) is 4.98 Å². The normalized spacial score (nSPS) is 10.7. The summed E-state index contributed by atoms with van der Waals surface area (Å²) in [5.74, 6) is 0.645. The summed E-state index contributed by atoms with van der Waals surface area (Å²) in [4.78, 5) is 16.5. The third-order valence-corrected chi connectivity index (χ3v) is 5.10. The quantitative estimate of drug-likeness (QED) is 0.461. The molecule has 4 rings (SSSR count). The van der Waals surface area contributed by atoms with Gasteiger partial charge >= 0.3 is 5.97 Å².